The van der Waals surface area contributed by atoms with E-state index in [9.17, 15) is 4.79 Å². The maximum Gasteiger partial charge on any atom is 0.224 e. The lowest BCUT2D eigenvalue weighted by molar-refractivity contribution is -0.121. The van der Waals surface area contributed by atoms with Crippen molar-refractivity contribution in [1.29, 1.82) is 0 Å². The summed E-state index contributed by atoms with van der Waals surface area (Å²) in [6.45, 7) is -0.570. The Morgan fingerprint density at radius 2 is 1.94 bits per heavy atom. The van der Waals surface area contributed by atoms with Crippen LogP contribution >= 0.6 is 0 Å². The molecule has 5 heteroatoms. The van der Waals surface area contributed by atoms with Crippen LogP contribution < -0.4 is 11.1 Å². The summed E-state index contributed by atoms with van der Waals surface area (Å²) in [7, 11) is 0. The van der Waals surface area contributed by atoms with E-state index in [4.69, 9.17) is 15.9 Å². The molecule has 5 nitrogen and oxygen atoms in total. The van der Waals surface area contributed by atoms with E-state index in [0.717, 1.165) is 5.56 Å². The van der Waals surface area contributed by atoms with E-state index in [0.29, 0.717) is 5.69 Å². The molecule has 1 amide bonds. The van der Waals surface area contributed by atoms with Crippen molar-refractivity contribution < 1.29 is 15.0 Å². The van der Waals surface area contributed by atoms with Gasteiger partial charge in [-0.15, -0.1) is 0 Å². The van der Waals surface area contributed by atoms with Crippen molar-refractivity contribution in [1.82, 2.24) is 5.32 Å². The number of nitrogens with two attached hydrogens (primary N) is 1. The van der Waals surface area contributed by atoms with Gasteiger partial charge in [-0.2, -0.15) is 0 Å². The number of aliphatic hydroxyl groups excluding tert-OH is 2. The van der Waals surface area contributed by atoms with E-state index in [1.54, 1.807) is 24.3 Å². The number of nitrogens with one attached hydrogen (secondary N) is 1. The number of para-hydroxylation sites is 1. The lowest BCUT2D eigenvalue weighted by Gasteiger charge is -2.13. The number of nitrogen functional groups attached to an aromatic ring is 1. The van der Waals surface area contributed by atoms with E-state index in [1.807, 2.05) is 0 Å². The zero-order valence-corrected chi connectivity index (χ0v) is 8.89. The second-order valence-electron chi connectivity index (χ2n) is 3.51. The fraction of sp³-hybridized carbons (Fsp3) is 0.364. The number of benzene rings is 1. The van der Waals surface area contributed by atoms with Crippen molar-refractivity contribution >= 4 is 11.6 Å². The molecule has 1 aromatic carbocycles. The highest BCUT2D eigenvalue weighted by molar-refractivity contribution is 5.80. The minimum atomic E-state index is -0.613. The second kappa shape index (κ2) is 6.09. The van der Waals surface area contributed by atoms with Gasteiger partial charge in [0, 0.05) is 5.69 Å². The molecule has 0 aliphatic rings. The molecular weight excluding hydrogens is 208 g/mol. The minimum Gasteiger partial charge on any atom is -0.398 e. The first-order valence-electron chi connectivity index (χ1n) is 5.01. The lowest BCUT2D eigenvalue weighted by Crippen LogP contribution is -2.40. The highest BCUT2D eigenvalue weighted by Crippen LogP contribution is 2.10. The second-order valence-corrected chi connectivity index (χ2v) is 3.51. The van der Waals surface area contributed by atoms with Crippen molar-refractivity contribution in [2.75, 3.05) is 18.9 Å². The van der Waals surface area contributed by atoms with E-state index in [-0.39, 0.29) is 25.5 Å². The Kier molecular flexibility index (Phi) is 4.75. The Balaban J connectivity index is 2.55. The molecule has 1 rings (SSSR count). The van der Waals surface area contributed by atoms with Gasteiger partial charge in [0.1, 0.15) is 0 Å². The van der Waals surface area contributed by atoms with Crippen molar-refractivity contribution in [3.05, 3.63) is 29.8 Å². The zero-order chi connectivity index (χ0) is 12.0. The summed E-state index contributed by atoms with van der Waals surface area (Å²) in [5, 5.41) is 20.1. The highest BCUT2D eigenvalue weighted by atomic mass is 16.3. The molecule has 0 aromatic heterocycles. The first kappa shape index (κ1) is 12.5. The number of carbonyl (C=O) groups excluding carboxylic acids is 1. The number of rotatable bonds is 5. The smallest absolute Gasteiger partial charge is 0.224 e. The number of anilines is 1. The van der Waals surface area contributed by atoms with Crippen LogP contribution in [0.5, 0.6) is 0 Å². The normalized spacial score (nSPS) is 10.4. The molecule has 0 fully saturated rings. The largest absolute Gasteiger partial charge is 0.398 e. The number of amides is 1. The fourth-order valence-electron chi connectivity index (χ4n) is 1.30. The topological polar surface area (TPSA) is 95.6 Å². The summed E-state index contributed by atoms with van der Waals surface area (Å²) in [5.41, 5.74) is 6.97. The molecule has 16 heavy (non-hydrogen) atoms. The van der Waals surface area contributed by atoms with Crippen LogP contribution in [0.3, 0.4) is 0 Å². The minimum absolute atomic E-state index is 0.142. The summed E-state index contributed by atoms with van der Waals surface area (Å²) in [6.07, 6.45) is 0.142. The average Bonchev–Trinajstić information content (AvgIpc) is 2.29. The van der Waals surface area contributed by atoms with Crippen molar-refractivity contribution in [2.45, 2.75) is 12.5 Å². The van der Waals surface area contributed by atoms with Gasteiger partial charge in [0.25, 0.3) is 0 Å². The van der Waals surface area contributed by atoms with Crippen LogP contribution in [0.4, 0.5) is 5.69 Å². The van der Waals surface area contributed by atoms with Crippen LogP contribution in [0.15, 0.2) is 24.3 Å². The van der Waals surface area contributed by atoms with Gasteiger partial charge in [-0.05, 0) is 11.6 Å². The average molecular weight is 224 g/mol. The summed E-state index contributed by atoms with van der Waals surface area (Å²) in [5.74, 6) is -0.272. The van der Waals surface area contributed by atoms with Crippen molar-refractivity contribution in [2.24, 2.45) is 0 Å². The predicted molar refractivity (Wildman–Crippen MR) is 60.7 cm³/mol. The number of hydrogen-bond acceptors (Lipinski definition) is 4. The van der Waals surface area contributed by atoms with Crippen LogP contribution in [0.25, 0.3) is 0 Å². The summed E-state index contributed by atoms with van der Waals surface area (Å²) in [4.78, 5) is 11.5. The van der Waals surface area contributed by atoms with E-state index >= 15 is 0 Å². The summed E-state index contributed by atoms with van der Waals surface area (Å²) < 4.78 is 0. The summed E-state index contributed by atoms with van der Waals surface area (Å²) >= 11 is 0. The molecule has 1 aromatic rings. The molecule has 0 saturated carbocycles. The molecule has 0 radical (unpaired) electrons. The third kappa shape index (κ3) is 3.52. The predicted octanol–water partition coefficient (Wildman–Crippen LogP) is -0.719. The molecule has 0 bridgehead atoms. The fourth-order valence-corrected chi connectivity index (χ4v) is 1.30. The Bertz CT molecular complexity index is 351. The molecule has 0 saturated heterocycles. The molecule has 0 heterocycles. The SMILES string of the molecule is Nc1ccccc1CC(=O)NC(CO)CO. The quantitative estimate of drug-likeness (QED) is 0.496. The van der Waals surface area contributed by atoms with E-state index < -0.39 is 6.04 Å². The van der Waals surface area contributed by atoms with Gasteiger partial charge < -0.3 is 21.3 Å². The molecule has 0 unspecified atom stereocenters. The van der Waals surface area contributed by atoms with Gasteiger partial charge in [-0.1, -0.05) is 18.2 Å². The standard InChI is InChI=1S/C11H16N2O3/c12-10-4-2-1-3-8(10)5-11(16)13-9(6-14)7-15/h1-4,9,14-15H,5-7,12H2,(H,13,16). The Labute approximate surface area is 93.9 Å². The maximum absolute atomic E-state index is 11.5. The Morgan fingerprint density at radius 3 is 2.50 bits per heavy atom. The van der Waals surface area contributed by atoms with Crippen LogP contribution in [0.1, 0.15) is 5.56 Å². The number of aliphatic hydroxyl groups is 2. The van der Waals surface area contributed by atoms with Crippen LogP contribution in [0, 0.1) is 0 Å². The van der Waals surface area contributed by atoms with Gasteiger partial charge in [-0.25, -0.2) is 0 Å². The van der Waals surface area contributed by atoms with E-state index in [1.165, 1.54) is 0 Å². The van der Waals surface area contributed by atoms with Crippen LogP contribution in [0.2, 0.25) is 0 Å². The highest BCUT2D eigenvalue weighted by Gasteiger charge is 2.11. The Hall–Kier alpha value is -1.59. The van der Waals surface area contributed by atoms with Gasteiger partial charge in [0.2, 0.25) is 5.91 Å². The maximum atomic E-state index is 11.5. The third-order valence-corrected chi connectivity index (χ3v) is 2.21. The van der Waals surface area contributed by atoms with Gasteiger partial charge in [-0.3, -0.25) is 4.79 Å². The molecule has 88 valence electrons. The molecule has 0 aliphatic heterocycles. The first-order valence-corrected chi connectivity index (χ1v) is 5.01. The zero-order valence-electron chi connectivity index (χ0n) is 8.89. The summed E-state index contributed by atoms with van der Waals surface area (Å²) in [6, 6.07) is 6.47. The van der Waals surface area contributed by atoms with E-state index in [2.05, 4.69) is 5.32 Å². The monoisotopic (exact) mass is 224 g/mol. The van der Waals surface area contributed by atoms with Crippen LogP contribution in [-0.2, 0) is 11.2 Å². The van der Waals surface area contributed by atoms with Crippen molar-refractivity contribution in [3.8, 4) is 0 Å². The van der Waals surface area contributed by atoms with Gasteiger partial charge in [0.05, 0.1) is 25.7 Å². The molecule has 5 N–H and O–H groups in total. The molecule has 0 atom stereocenters. The van der Waals surface area contributed by atoms with Crippen molar-refractivity contribution in [3.63, 3.8) is 0 Å². The van der Waals surface area contributed by atoms with Gasteiger partial charge in [0.15, 0.2) is 0 Å². The first-order chi connectivity index (χ1) is 7.67. The molecular formula is C11H16N2O3. The molecule has 0 aliphatic carbocycles. The van der Waals surface area contributed by atoms with Crippen LogP contribution in [-0.4, -0.2) is 35.4 Å². The third-order valence-electron chi connectivity index (χ3n) is 2.21. The Morgan fingerprint density at radius 1 is 1.31 bits per heavy atom. The molecule has 0 spiro atoms. The number of hydrogen-bond donors (Lipinski definition) is 4. The number of carbonyl (C=O) groups is 1. The van der Waals surface area contributed by atoms with Gasteiger partial charge >= 0.3 is 0 Å². The lowest BCUT2D eigenvalue weighted by atomic mass is 10.1.